The summed E-state index contributed by atoms with van der Waals surface area (Å²) in [6.45, 7) is 0.707. The van der Waals surface area contributed by atoms with Crippen LogP contribution in [0.4, 0.5) is 0 Å². The van der Waals surface area contributed by atoms with Crippen LogP contribution in [-0.2, 0) is 4.79 Å². The van der Waals surface area contributed by atoms with E-state index < -0.39 is 0 Å². The van der Waals surface area contributed by atoms with Crippen molar-refractivity contribution in [2.75, 3.05) is 13.2 Å². The fourth-order valence-electron chi connectivity index (χ4n) is 2.43. The summed E-state index contributed by atoms with van der Waals surface area (Å²) >= 11 is 11.8. The Labute approximate surface area is 129 Å². The Balaban J connectivity index is 1.73. The molecular weight excluding hydrogens is 297 g/mol. The quantitative estimate of drug-likeness (QED) is 0.889. The molecule has 2 rings (SSSR count). The van der Waals surface area contributed by atoms with Crippen LogP contribution in [0.15, 0.2) is 18.2 Å². The van der Waals surface area contributed by atoms with Crippen LogP contribution < -0.4 is 10.1 Å². The number of hydrogen-bond donors (Lipinski definition) is 1. The first-order chi connectivity index (χ1) is 9.65. The maximum absolute atomic E-state index is 11.7. The lowest BCUT2D eigenvalue weighted by Crippen LogP contribution is -2.33. The molecular formula is C15H19Cl2NO2. The lowest BCUT2D eigenvalue weighted by atomic mass is 9.89. The molecule has 0 spiro atoms. The summed E-state index contributed by atoms with van der Waals surface area (Å²) in [4.78, 5) is 11.7. The van der Waals surface area contributed by atoms with E-state index in [4.69, 9.17) is 27.9 Å². The van der Waals surface area contributed by atoms with Crippen molar-refractivity contribution in [3.63, 3.8) is 0 Å². The molecule has 110 valence electrons. The number of ether oxygens (including phenoxy) is 1. The number of halogens is 2. The van der Waals surface area contributed by atoms with E-state index in [0.29, 0.717) is 21.7 Å². The summed E-state index contributed by atoms with van der Waals surface area (Å²) in [6.07, 6.45) is 6.29. The van der Waals surface area contributed by atoms with Crippen molar-refractivity contribution >= 4 is 29.1 Å². The Morgan fingerprint density at radius 2 is 2.00 bits per heavy atom. The second-order valence-corrected chi connectivity index (χ2v) is 6.02. The van der Waals surface area contributed by atoms with Gasteiger partial charge in [0.2, 0.25) is 0 Å². The summed E-state index contributed by atoms with van der Waals surface area (Å²) in [5.41, 5.74) is 0. The van der Waals surface area contributed by atoms with E-state index in [1.54, 1.807) is 18.2 Å². The molecule has 1 aliphatic rings. The van der Waals surface area contributed by atoms with Crippen molar-refractivity contribution < 1.29 is 9.53 Å². The topological polar surface area (TPSA) is 38.3 Å². The first kappa shape index (κ1) is 15.5. The van der Waals surface area contributed by atoms with Gasteiger partial charge in [-0.05, 0) is 30.9 Å². The van der Waals surface area contributed by atoms with Crippen molar-refractivity contribution in [1.29, 1.82) is 0 Å². The highest BCUT2D eigenvalue weighted by molar-refractivity contribution is 6.34. The number of nitrogens with one attached hydrogen (secondary N) is 1. The monoisotopic (exact) mass is 315 g/mol. The molecule has 1 N–H and O–H groups in total. The third kappa shape index (κ3) is 4.88. The molecule has 0 heterocycles. The van der Waals surface area contributed by atoms with E-state index in [0.717, 1.165) is 6.54 Å². The highest BCUT2D eigenvalue weighted by atomic mass is 35.5. The Bertz CT molecular complexity index is 459. The van der Waals surface area contributed by atoms with Gasteiger partial charge in [-0.25, -0.2) is 0 Å². The van der Waals surface area contributed by atoms with Crippen LogP contribution in [0.2, 0.25) is 10.0 Å². The summed E-state index contributed by atoms with van der Waals surface area (Å²) in [5.74, 6) is 0.932. The molecule has 0 aromatic heterocycles. The molecule has 1 aromatic carbocycles. The number of amides is 1. The zero-order valence-electron chi connectivity index (χ0n) is 11.3. The van der Waals surface area contributed by atoms with Crippen LogP contribution in [0.3, 0.4) is 0 Å². The lowest BCUT2D eigenvalue weighted by molar-refractivity contribution is -0.123. The first-order valence-corrected chi connectivity index (χ1v) is 7.75. The van der Waals surface area contributed by atoms with Crippen molar-refractivity contribution in [2.45, 2.75) is 32.1 Å². The molecule has 3 nitrogen and oxygen atoms in total. The van der Waals surface area contributed by atoms with Gasteiger partial charge in [0, 0.05) is 17.6 Å². The fourth-order valence-corrected chi connectivity index (χ4v) is 2.77. The van der Waals surface area contributed by atoms with Crippen LogP contribution in [0.1, 0.15) is 32.1 Å². The molecule has 0 atom stereocenters. The van der Waals surface area contributed by atoms with Crippen LogP contribution in [0, 0.1) is 5.92 Å². The smallest absolute Gasteiger partial charge is 0.257 e. The Morgan fingerprint density at radius 3 is 2.75 bits per heavy atom. The molecule has 5 heteroatoms. The molecule has 1 fully saturated rings. The van der Waals surface area contributed by atoms with E-state index in [-0.39, 0.29) is 12.5 Å². The lowest BCUT2D eigenvalue weighted by Gasteiger charge is -2.21. The van der Waals surface area contributed by atoms with Crippen LogP contribution in [0.25, 0.3) is 0 Å². The molecule has 1 amide bonds. The molecule has 1 aromatic rings. The Morgan fingerprint density at radius 1 is 1.25 bits per heavy atom. The third-order valence-electron chi connectivity index (χ3n) is 3.56. The van der Waals surface area contributed by atoms with Gasteiger partial charge in [0.05, 0.1) is 5.02 Å². The number of hydrogen-bond acceptors (Lipinski definition) is 2. The van der Waals surface area contributed by atoms with Gasteiger partial charge in [0.25, 0.3) is 5.91 Å². The largest absolute Gasteiger partial charge is 0.482 e. The average Bonchev–Trinajstić information content (AvgIpc) is 2.47. The minimum absolute atomic E-state index is 0.0349. The second-order valence-electron chi connectivity index (χ2n) is 5.17. The molecule has 0 radical (unpaired) electrons. The minimum atomic E-state index is -0.119. The summed E-state index contributed by atoms with van der Waals surface area (Å²) in [5, 5.41) is 3.90. The highest BCUT2D eigenvalue weighted by Crippen LogP contribution is 2.27. The zero-order chi connectivity index (χ0) is 14.4. The average molecular weight is 316 g/mol. The molecule has 0 saturated heterocycles. The van der Waals surface area contributed by atoms with Crippen LogP contribution >= 0.6 is 23.2 Å². The summed E-state index contributed by atoms with van der Waals surface area (Å²) in [6, 6.07) is 4.94. The molecule has 0 unspecified atom stereocenters. The highest BCUT2D eigenvalue weighted by Gasteiger charge is 2.14. The standard InChI is InChI=1S/C15H19Cl2NO2/c16-12-6-7-13(17)14(8-12)20-10-15(19)18-9-11-4-2-1-3-5-11/h6-8,11H,1-5,9-10H2,(H,18,19). The van der Waals surface area contributed by atoms with E-state index in [1.165, 1.54) is 32.1 Å². The fraction of sp³-hybridized carbons (Fsp3) is 0.533. The molecule has 1 saturated carbocycles. The Hall–Kier alpha value is -0.930. The maximum Gasteiger partial charge on any atom is 0.257 e. The van der Waals surface area contributed by atoms with Gasteiger partial charge >= 0.3 is 0 Å². The number of rotatable bonds is 5. The van der Waals surface area contributed by atoms with Crippen molar-refractivity contribution in [2.24, 2.45) is 5.92 Å². The van der Waals surface area contributed by atoms with Gasteiger partial charge in [-0.2, -0.15) is 0 Å². The van der Waals surface area contributed by atoms with E-state index in [9.17, 15) is 4.79 Å². The SMILES string of the molecule is O=C(COc1cc(Cl)ccc1Cl)NCC1CCCCC1. The normalized spacial score (nSPS) is 15.9. The van der Waals surface area contributed by atoms with E-state index in [1.807, 2.05) is 0 Å². The zero-order valence-corrected chi connectivity index (χ0v) is 12.8. The minimum Gasteiger partial charge on any atom is -0.482 e. The molecule has 0 aliphatic heterocycles. The number of carbonyl (C=O) groups excluding carboxylic acids is 1. The third-order valence-corrected chi connectivity index (χ3v) is 4.11. The van der Waals surface area contributed by atoms with Gasteiger partial charge in [-0.15, -0.1) is 0 Å². The van der Waals surface area contributed by atoms with Gasteiger partial charge in [-0.1, -0.05) is 42.5 Å². The van der Waals surface area contributed by atoms with Gasteiger partial charge in [0.1, 0.15) is 5.75 Å². The van der Waals surface area contributed by atoms with Crippen LogP contribution in [-0.4, -0.2) is 19.1 Å². The molecule has 1 aliphatic carbocycles. The Kier molecular flexibility index (Phi) is 5.99. The van der Waals surface area contributed by atoms with Gasteiger partial charge < -0.3 is 10.1 Å². The maximum atomic E-state index is 11.7. The summed E-state index contributed by atoms with van der Waals surface area (Å²) in [7, 11) is 0. The van der Waals surface area contributed by atoms with Crippen molar-refractivity contribution in [3.8, 4) is 5.75 Å². The molecule has 20 heavy (non-hydrogen) atoms. The summed E-state index contributed by atoms with van der Waals surface area (Å²) < 4.78 is 5.39. The predicted molar refractivity (Wildman–Crippen MR) is 81.5 cm³/mol. The van der Waals surface area contributed by atoms with Crippen LogP contribution in [0.5, 0.6) is 5.75 Å². The predicted octanol–water partition coefficient (Wildman–Crippen LogP) is 4.07. The number of carbonyl (C=O) groups is 1. The van der Waals surface area contributed by atoms with E-state index >= 15 is 0 Å². The van der Waals surface area contributed by atoms with Crippen molar-refractivity contribution in [3.05, 3.63) is 28.2 Å². The van der Waals surface area contributed by atoms with Gasteiger partial charge in [-0.3, -0.25) is 4.79 Å². The van der Waals surface area contributed by atoms with Gasteiger partial charge in [0.15, 0.2) is 6.61 Å². The second kappa shape index (κ2) is 7.75. The van der Waals surface area contributed by atoms with Crippen molar-refractivity contribution in [1.82, 2.24) is 5.32 Å². The first-order valence-electron chi connectivity index (χ1n) is 6.99. The van der Waals surface area contributed by atoms with E-state index in [2.05, 4.69) is 5.32 Å². The molecule has 0 bridgehead atoms. The number of benzene rings is 1.